The normalized spacial score (nSPS) is 11.1. The number of nitrogens with zero attached hydrogens (tertiary/aromatic N) is 2. The lowest BCUT2D eigenvalue weighted by atomic mass is 10.2. The first kappa shape index (κ1) is 13.8. The SMILES string of the molecule is COc1ccc2oc(/C=C/c3cc(C(=O)O)ncn3)cc2c1. The van der Waals surface area contributed by atoms with E-state index in [1.54, 1.807) is 19.3 Å². The van der Waals surface area contributed by atoms with Crippen molar-refractivity contribution in [3.05, 3.63) is 53.8 Å². The summed E-state index contributed by atoms with van der Waals surface area (Å²) in [5.41, 5.74) is 1.18. The molecule has 6 heteroatoms. The summed E-state index contributed by atoms with van der Waals surface area (Å²) in [5.74, 6) is 0.303. The second-order valence-corrected chi connectivity index (χ2v) is 4.52. The zero-order valence-electron chi connectivity index (χ0n) is 11.7. The number of fused-ring (bicyclic) bond motifs is 1. The Morgan fingerprint density at radius 2 is 2.09 bits per heavy atom. The van der Waals surface area contributed by atoms with E-state index in [4.69, 9.17) is 14.3 Å². The fourth-order valence-electron chi connectivity index (χ4n) is 2.00. The van der Waals surface area contributed by atoms with Crippen molar-refractivity contribution in [1.82, 2.24) is 9.97 Å². The van der Waals surface area contributed by atoms with Gasteiger partial charge in [-0.25, -0.2) is 14.8 Å². The highest BCUT2D eigenvalue weighted by Crippen LogP contribution is 2.25. The maximum atomic E-state index is 10.9. The van der Waals surface area contributed by atoms with Crippen molar-refractivity contribution in [2.24, 2.45) is 0 Å². The third-order valence-electron chi connectivity index (χ3n) is 3.07. The minimum Gasteiger partial charge on any atom is -0.497 e. The first-order valence-electron chi connectivity index (χ1n) is 6.47. The number of hydrogen-bond donors (Lipinski definition) is 1. The molecule has 0 aliphatic carbocycles. The highest BCUT2D eigenvalue weighted by molar-refractivity contribution is 5.86. The number of hydrogen-bond acceptors (Lipinski definition) is 5. The van der Waals surface area contributed by atoms with Crippen LogP contribution in [0.4, 0.5) is 0 Å². The molecule has 0 aliphatic rings. The van der Waals surface area contributed by atoms with Crippen LogP contribution in [0.5, 0.6) is 5.75 Å². The van der Waals surface area contributed by atoms with Gasteiger partial charge in [0.25, 0.3) is 0 Å². The summed E-state index contributed by atoms with van der Waals surface area (Å²) < 4.78 is 10.8. The van der Waals surface area contributed by atoms with E-state index >= 15 is 0 Å². The lowest BCUT2D eigenvalue weighted by Gasteiger charge is -1.96. The Morgan fingerprint density at radius 1 is 1.23 bits per heavy atom. The van der Waals surface area contributed by atoms with Crippen LogP contribution in [-0.4, -0.2) is 28.2 Å². The topological polar surface area (TPSA) is 85.5 Å². The van der Waals surface area contributed by atoms with Crippen LogP contribution < -0.4 is 4.74 Å². The molecule has 0 bridgehead atoms. The van der Waals surface area contributed by atoms with Crippen LogP contribution >= 0.6 is 0 Å². The highest BCUT2D eigenvalue weighted by Gasteiger charge is 2.05. The predicted octanol–water partition coefficient (Wildman–Crippen LogP) is 3.10. The summed E-state index contributed by atoms with van der Waals surface area (Å²) in [6.07, 6.45) is 4.61. The van der Waals surface area contributed by atoms with Crippen molar-refractivity contribution in [1.29, 1.82) is 0 Å². The van der Waals surface area contributed by atoms with Crippen molar-refractivity contribution in [2.45, 2.75) is 0 Å². The van der Waals surface area contributed by atoms with Crippen molar-refractivity contribution in [3.8, 4) is 5.75 Å². The summed E-state index contributed by atoms with van der Waals surface area (Å²) in [5, 5.41) is 9.82. The number of methoxy groups -OCH3 is 1. The van der Waals surface area contributed by atoms with Gasteiger partial charge in [-0.15, -0.1) is 0 Å². The first-order chi connectivity index (χ1) is 10.7. The number of carbonyl (C=O) groups is 1. The Balaban J connectivity index is 1.89. The molecular weight excluding hydrogens is 284 g/mol. The molecule has 0 radical (unpaired) electrons. The number of ether oxygens (including phenoxy) is 1. The molecule has 0 saturated heterocycles. The predicted molar refractivity (Wildman–Crippen MR) is 80.7 cm³/mol. The summed E-state index contributed by atoms with van der Waals surface area (Å²) in [6.45, 7) is 0. The molecule has 0 unspecified atom stereocenters. The molecule has 0 saturated carbocycles. The molecule has 0 atom stereocenters. The summed E-state index contributed by atoms with van der Waals surface area (Å²) in [6, 6.07) is 8.79. The molecule has 2 heterocycles. The van der Waals surface area contributed by atoms with E-state index in [1.165, 1.54) is 12.4 Å². The van der Waals surface area contributed by atoms with E-state index < -0.39 is 5.97 Å². The number of carboxylic acid groups (broad SMARTS) is 1. The van der Waals surface area contributed by atoms with Crippen LogP contribution in [0.25, 0.3) is 23.1 Å². The molecule has 1 N–H and O–H groups in total. The summed E-state index contributed by atoms with van der Waals surface area (Å²) in [4.78, 5) is 18.5. The third-order valence-corrected chi connectivity index (χ3v) is 3.07. The van der Waals surface area contributed by atoms with E-state index in [-0.39, 0.29) is 5.69 Å². The average Bonchev–Trinajstić information content (AvgIpc) is 2.95. The van der Waals surface area contributed by atoms with E-state index in [2.05, 4.69) is 9.97 Å². The maximum Gasteiger partial charge on any atom is 0.354 e. The average molecular weight is 296 g/mol. The molecule has 22 heavy (non-hydrogen) atoms. The molecule has 0 amide bonds. The molecule has 0 fully saturated rings. The van der Waals surface area contributed by atoms with Gasteiger partial charge in [-0.2, -0.15) is 0 Å². The second-order valence-electron chi connectivity index (χ2n) is 4.52. The first-order valence-corrected chi connectivity index (χ1v) is 6.47. The van der Waals surface area contributed by atoms with E-state index in [1.807, 2.05) is 24.3 Å². The van der Waals surface area contributed by atoms with Crippen LogP contribution in [0.15, 0.2) is 41.1 Å². The van der Waals surface area contributed by atoms with Crippen molar-refractivity contribution < 1.29 is 19.1 Å². The van der Waals surface area contributed by atoms with Crippen molar-refractivity contribution >= 4 is 29.1 Å². The molecule has 1 aromatic carbocycles. The number of aromatic carboxylic acids is 1. The van der Waals surface area contributed by atoms with Gasteiger partial charge in [0.05, 0.1) is 12.8 Å². The Hall–Kier alpha value is -3.15. The Morgan fingerprint density at radius 3 is 2.86 bits per heavy atom. The molecule has 6 nitrogen and oxygen atoms in total. The van der Waals surface area contributed by atoms with Crippen LogP contribution in [0, 0.1) is 0 Å². The fourth-order valence-corrected chi connectivity index (χ4v) is 2.00. The third kappa shape index (κ3) is 2.80. The molecule has 3 rings (SSSR count). The van der Waals surface area contributed by atoms with Gasteiger partial charge in [0, 0.05) is 5.39 Å². The van der Waals surface area contributed by atoms with Crippen molar-refractivity contribution in [2.75, 3.05) is 7.11 Å². The largest absolute Gasteiger partial charge is 0.497 e. The highest BCUT2D eigenvalue weighted by atomic mass is 16.5. The minimum absolute atomic E-state index is 0.0519. The monoisotopic (exact) mass is 296 g/mol. The lowest BCUT2D eigenvalue weighted by molar-refractivity contribution is 0.0690. The Kier molecular flexibility index (Phi) is 3.57. The number of aromatic nitrogens is 2. The summed E-state index contributed by atoms with van der Waals surface area (Å²) >= 11 is 0. The van der Waals surface area contributed by atoms with Gasteiger partial charge >= 0.3 is 5.97 Å². The van der Waals surface area contributed by atoms with Crippen LogP contribution in [-0.2, 0) is 0 Å². The second kappa shape index (κ2) is 5.69. The standard InChI is InChI=1S/C16H12N2O4/c1-21-12-4-5-15-10(6-12)7-13(22-15)3-2-11-8-14(16(19)20)18-9-17-11/h2-9H,1H3,(H,19,20)/b3-2+. The fraction of sp³-hybridized carbons (Fsp3) is 0.0625. The zero-order valence-corrected chi connectivity index (χ0v) is 11.7. The van der Waals surface area contributed by atoms with Gasteiger partial charge in [-0.05, 0) is 42.5 Å². The van der Waals surface area contributed by atoms with Crippen LogP contribution in [0.2, 0.25) is 0 Å². The molecule has 0 aliphatic heterocycles. The number of rotatable bonds is 4. The smallest absolute Gasteiger partial charge is 0.354 e. The zero-order chi connectivity index (χ0) is 15.5. The molecular formula is C16H12N2O4. The quantitative estimate of drug-likeness (QED) is 0.796. The van der Waals surface area contributed by atoms with Gasteiger partial charge < -0.3 is 14.3 Å². The molecule has 110 valence electrons. The van der Waals surface area contributed by atoms with Gasteiger partial charge in [-0.3, -0.25) is 0 Å². The summed E-state index contributed by atoms with van der Waals surface area (Å²) in [7, 11) is 1.61. The Labute approximate surface area is 125 Å². The molecule has 3 aromatic rings. The number of furan rings is 1. The number of benzene rings is 1. The van der Waals surface area contributed by atoms with Crippen LogP contribution in [0.1, 0.15) is 21.9 Å². The van der Waals surface area contributed by atoms with Gasteiger partial charge in [0.1, 0.15) is 23.4 Å². The van der Waals surface area contributed by atoms with Gasteiger partial charge in [0.15, 0.2) is 5.69 Å². The van der Waals surface area contributed by atoms with Crippen molar-refractivity contribution in [3.63, 3.8) is 0 Å². The van der Waals surface area contributed by atoms with Gasteiger partial charge in [-0.1, -0.05) is 0 Å². The molecule has 0 spiro atoms. The Bertz CT molecular complexity index is 867. The lowest BCUT2D eigenvalue weighted by Crippen LogP contribution is -2.00. The molecule has 2 aromatic heterocycles. The van der Waals surface area contributed by atoms with Gasteiger partial charge in [0.2, 0.25) is 0 Å². The minimum atomic E-state index is -1.09. The number of carboxylic acids is 1. The van der Waals surface area contributed by atoms with E-state index in [0.717, 1.165) is 16.7 Å². The van der Waals surface area contributed by atoms with Crippen LogP contribution in [0.3, 0.4) is 0 Å². The van der Waals surface area contributed by atoms with E-state index in [0.29, 0.717) is 11.5 Å². The maximum absolute atomic E-state index is 10.9. The van der Waals surface area contributed by atoms with E-state index in [9.17, 15) is 4.79 Å².